The van der Waals surface area contributed by atoms with E-state index in [0.717, 1.165) is 18.9 Å². The summed E-state index contributed by atoms with van der Waals surface area (Å²) in [5.74, 6) is -0.0591. The molecule has 0 radical (unpaired) electrons. The topological polar surface area (TPSA) is 64.4 Å². The third-order valence-corrected chi connectivity index (χ3v) is 2.98. The summed E-state index contributed by atoms with van der Waals surface area (Å²) in [5.41, 5.74) is 5.98. The molecule has 1 saturated carbocycles. The molecule has 0 atom stereocenters. The molecule has 1 aromatic carbocycles. The highest BCUT2D eigenvalue weighted by atomic mass is 19.1. The van der Waals surface area contributed by atoms with Crippen LogP contribution in [0.5, 0.6) is 0 Å². The van der Waals surface area contributed by atoms with Crippen LogP contribution in [0, 0.1) is 11.7 Å². The number of nitrogen functional groups attached to an aromatic ring is 1. The normalized spacial score (nSPS) is 14.4. The molecule has 3 N–H and O–H groups in total. The maximum Gasteiger partial charge on any atom is 0.251 e. The number of ether oxygens (including phenoxy) is 1. The molecule has 0 saturated heterocycles. The fourth-order valence-corrected chi connectivity index (χ4v) is 1.76. The van der Waals surface area contributed by atoms with E-state index in [-0.39, 0.29) is 17.2 Å². The van der Waals surface area contributed by atoms with Gasteiger partial charge in [0.15, 0.2) is 0 Å². The third-order valence-electron chi connectivity index (χ3n) is 2.98. The first kappa shape index (κ1) is 13.8. The zero-order valence-electron chi connectivity index (χ0n) is 10.8. The molecule has 0 bridgehead atoms. The van der Waals surface area contributed by atoms with E-state index in [1.165, 1.54) is 31.0 Å². The molecule has 19 heavy (non-hydrogen) atoms. The molecule has 0 spiro atoms. The van der Waals surface area contributed by atoms with Gasteiger partial charge in [-0.1, -0.05) is 0 Å². The summed E-state index contributed by atoms with van der Waals surface area (Å²) < 4.78 is 18.5. The number of nitrogens with one attached hydrogen (secondary N) is 1. The molecule has 2 rings (SSSR count). The van der Waals surface area contributed by atoms with Gasteiger partial charge in [0.25, 0.3) is 5.91 Å². The molecule has 0 heterocycles. The zero-order chi connectivity index (χ0) is 13.7. The third kappa shape index (κ3) is 4.87. The molecule has 0 unspecified atom stereocenters. The van der Waals surface area contributed by atoms with Crippen molar-refractivity contribution in [1.29, 1.82) is 0 Å². The molecular weight excluding hydrogens is 247 g/mol. The van der Waals surface area contributed by atoms with Gasteiger partial charge in [-0.25, -0.2) is 4.39 Å². The van der Waals surface area contributed by atoms with Crippen LogP contribution in [0.3, 0.4) is 0 Å². The number of rotatable bonds is 7. The monoisotopic (exact) mass is 266 g/mol. The highest BCUT2D eigenvalue weighted by molar-refractivity contribution is 5.95. The summed E-state index contributed by atoms with van der Waals surface area (Å²) in [6.07, 6.45) is 3.30. The number of anilines is 1. The fraction of sp³-hybridized carbons (Fsp3) is 0.500. The molecule has 4 nitrogen and oxygen atoms in total. The van der Waals surface area contributed by atoms with Crippen LogP contribution >= 0.6 is 0 Å². The van der Waals surface area contributed by atoms with Crippen molar-refractivity contribution < 1.29 is 13.9 Å². The van der Waals surface area contributed by atoms with Gasteiger partial charge < -0.3 is 15.8 Å². The van der Waals surface area contributed by atoms with Gasteiger partial charge in [0.2, 0.25) is 0 Å². The Morgan fingerprint density at radius 2 is 2.21 bits per heavy atom. The maximum absolute atomic E-state index is 13.1. The van der Waals surface area contributed by atoms with Crippen molar-refractivity contribution in [3.8, 4) is 0 Å². The van der Waals surface area contributed by atoms with Gasteiger partial charge in [0, 0.05) is 31.0 Å². The summed E-state index contributed by atoms with van der Waals surface area (Å²) in [4.78, 5) is 11.7. The Kier molecular flexibility index (Phi) is 4.74. The lowest BCUT2D eigenvalue weighted by molar-refractivity contribution is 0.0937. The first-order chi connectivity index (χ1) is 9.15. The second kappa shape index (κ2) is 6.52. The minimum absolute atomic E-state index is 0.247. The van der Waals surface area contributed by atoms with E-state index in [1.54, 1.807) is 0 Å². The number of benzene rings is 1. The van der Waals surface area contributed by atoms with Gasteiger partial charge in [0.1, 0.15) is 5.82 Å². The molecule has 104 valence electrons. The Balaban J connectivity index is 1.65. The summed E-state index contributed by atoms with van der Waals surface area (Å²) >= 11 is 0. The standard InChI is InChI=1S/C14H19FN2O2/c15-12-6-11(7-13(16)8-12)14(18)17-4-1-5-19-9-10-2-3-10/h6-8,10H,1-5,9,16H2,(H,17,18). The zero-order valence-corrected chi connectivity index (χ0v) is 10.8. The lowest BCUT2D eigenvalue weighted by Crippen LogP contribution is -2.25. The highest BCUT2D eigenvalue weighted by Crippen LogP contribution is 2.28. The second-order valence-corrected chi connectivity index (χ2v) is 4.90. The van der Waals surface area contributed by atoms with Crippen molar-refractivity contribution in [2.24, 2.45) is 5.92 Å². The lowest BCUT2D eigenvalue weighted by Gasteiger charge is -2.07. The van der Waals surface area contributed by atoms with Crippen LogP contribution in [0.1, 0.15) is 29.6 Å². The summed E-state index contributed by atoms with van der Waals surface area (Å²) in [6.45, 7) is 1.98. The average Bonchev–Trinajstić information content (AvgIpc) is 3.16. The van der Waals surface area contributed by atoms with Crippen molar-refractivity contribution >= 4 is 11.6 Å². The molecule has 1 aliphatic rings. The first-order valence-corrected chi connectivity index (χ1v) is 6.57. The van der Waals surface area contributed by atoms with E-state index < -0.39 is 5.82 Å². The molecule has 1 amide bonds. The summed E-state index contributed by atoms with van der Waals surface area (Å²) in [5, 5.41) is 2.72. The summed E-state index contributed by atoms with van der Waals surface area (Å²) in [7, 11) is 0. The van der Waals surface area contributed by atoms with E-state index >= 15 is 0 Å². The Bertz CT molecular complexity index is 427. The summed E-state index contributed by atoms with van der Waals surface area (Å²) in [6, 6.07) is 3.82. The van der Waals surface area contributed by atoms with E-state index in [0.29, 0.717) is 13.2 Å². The highest BCUT2D eigenvalue weighted by Gasteiger charge is 2.20. The van der Waals surface area contributed by atoms with Crippen LogP contribution in [-0.2, 0) is 4.74 Å². The number of hydrogen-bond acceptors (Lipinski definition) is 3. The van der Waals surface area contributed by atoms with Gasteiger partial charge in [-0.15, -0.1) is 0 Å². The average molecular weight is 266 g/mol. The molecule has 0 aromatic heterocycles. The lowest BCUT2D eigenvalue weighted by atomic mass is 10.2. The maximum atomic E-state index is 13.1. The number of carbonyl (C=O) groups is 1. The smallest absolute Gasteiger partial charge is 0.251 e. The van der Waals surface area contributed by atoms with Gasteiger partial charge >= 0.3 is 0 Å². The Morgan fingerprint density at radius 3 is 2.89 bits per heavy atom. The Hall–Kier alpha value is -1.62. The van der Waals surface area contributed by atoms with Gasteiger partial charge in [0.05, 0.1) is 0 Å². The minimum atomic E-state index is -0.502. The number of halogens is 1. The molecular formula is C14H19FN2O2. The van der Waals surface area contributed by atoms with Gasteiger partial charge in [-0.2, -0.15) is 0 Å². The van der Waals surface area contributed by atoms with Crippen LogP contribution in [-0.4, -0.2) is 25.7 Å². The second-order valence-electron chi connectivity index (χ2n) is 4.90. The van der Waals surface area contributed by atoms with E-state index in [9.17, 15) is 9.18 Å². The molecule has 1 aliphatic carbocycles. The number of nitrogens with two attached hydrogens (primary N) is 1. The largest absolute Gasteiger partial charge is 0.399 e. The van der Waals surface area contributed by atoms with Crippen LogP contribution in [0.2, 0.25) is 0 Å². The van der Waals surface area contributed by atoms with Crippen LogP contribution < -0.4 is 11.1 Å². The fourth-order valence-electron chi connectivity index (χ4n) is 1.76. The van der Waals surface area contributed by atoms with Gasteiger partial charge in [-0.05, 0) is 43.4 Å². The van der Waals surface area contributed by atoms with Crippen molar-refractivity contribution in [3.63, 3.8) is 0 Å². The van der Waals surface area contributed by atoms with E-state index in [1.807, 2.05) is 0 Å². The number of hydrogen-bond donors (Lipinski definition) is 2. The van der Waals surface area contributed by atoms with Crippen molar-refractivity contribution in [1.82, 2.24) is 5.32 Å². The van der Waals surface area contributed by atoms with E-state index in [2.05, 4.69) is 5.32 Å². The quantitative estimate of drug-likeness (QED) is 0.585. The van der Waals surface area contributed by atoms with Crippen molar-refractivity contribution in [2.75, 3.05) is 25.5 Å². The Morgan fingerprint density at radius 1 is 1.42 bits per heavy atom. The van der Waals surface area contributed by atoms with Crippen molar-refractivity contribution in [2.45, 2.75) is 19.3 Å². The minimum Gasteiger partial charge on any atom is -0.399 e. The van der Waals surface area contributed by atoms with Crippen LogP contribution in [0.15, 0.2) is 18.2 Å². The predicted molar refractivity (Wildman–Crippen MR) is 71.3 cm³/mol. The molecule has 5 heteroatoms. The van der Waals surface area contributed by atoms with Crippen LogP contribution in [0.25, 0.3) is 0 Å². The molecule has 1 aromatic rings. The number of amides is 1. The first-order valence-electron chi connectivity index (χ1n) is 6.57. The van der Waals surface area contributed by atoms with E-state index in [4.69, 9.17) is 10.5 Å². The SMILES string of the molecule is Nc1cc(F)cc(C(=O)NCCCOCC2CC2)c1. The Labute approximate surface area is 112 Å². The number of carbonyl (C=O) groups excluding carboxylic acids is 1. The molecule has 1 fully saturated rings. The van der Waals surface area contributed by atoms with Crippen molar-refractivity contribution in [3.05, 3.63) is 29.6 Å². The molecule has 0 aliphatic heterocycles. The van der Waals surface area contributed by atoms with Crippen LogP contribution in [0.4, 0.5) is 10.1 Å². The van der Waals surface area contributed by atoms with Gasteiger partial charge in [-0.3, -0.25) is 4.79 Å². The predicted octanol–water partition coefficient (Wildman–Crippen LogP) is 1.95.